The van der Waals surface area contributed by atoms with Gasteiger partial charge in [-0.1, -0.05) is 29.8 Å². The number of carbonyl (C=O) groups is 1. The number of nitrogen functional groups attached to an aromatic ring is 1. The van der Waals surface area contributed by atoms with Crippen LogP contribution < -0.4 is 15.8 Å². The van der Waals surface area contributed by atoms with E-state index in [1.165, 1.54) is 11.1 Å². The third kappa shape index (κ3) is 5.15. The van der Waals surface area contributed by atoms with Gasteiger partial charge in [-0.15, -0.1) is 0 Å². The second-order valence-electron chi connectivity index (χ2n) is 7.84. The van der Waals surface area contributed by atoms with Gasteiger partial charge in [-0.2, -0.15) is 5.10 Å². The fourth-order valence-corrected chi connectivity index (χ4v) is 3.85. The maximum atomic E-state index is 13.0. The highest BCUT2D eigenvalue weighted by atomic mass is 16.5. The van der Waals surface area contributed by atoms with Crippen molar-refractivity contribution in [3.8, 4) is 5.75 Å². The average molecular weight is 417 g/mol. The molecule has 0 spiro atoms. The molecule has 0 saturated heterocycles. The first-order chi connectivity index (χ1) is 15.1. The van der Waals surface area contributed by atoms with E-state index in [1.54, 1.807) is 16.9 Å². The maximum Gasteiger partial charge on any atom is 0.251 e. The molecule has 3 N–H and O–H groups in total. The van der Waals surface area contributed by atoms with Crippen molar-refractivity contribution in [3.63, 3.8) is 0 Å². The minimum Gasteiger partial charge on any atom is -0.492 e. The van der Waals surface area contributed by atoms with Crippen LogP contribution >= 0.6 is 0 Å². The van der Waals surface area contributed by atoms with Gasteiger partial charge in [0.1, 0.15) is 18.2 Å². The normalized spacial score (nSPS) is 13.8. The highest BCUT2D eigenvalue weighted by molar-refractivity contribution is 6.09. The summed E-state index contributed by atoms with van der Waals surface area (Å²) < 4.78 is 7.45. The Morgan fingerprint density at radius 1 is 1.06 bits per heavy atom. The van der Waals surface area contributed by atoms with Crippen LogP contribution in [0.15, 0.2) is 66.4 Å². The Morgan fingerprint density at radius 3 is 2.52 bits per heavy atom. The zero-order chi connectivity index (χ0) is 21.6. The molecular weight excluding hydrogens is 388 g/mol. The first-order valence-electron chi connectivity index (χ1n) is 10.7. The van der Waals surface area contributed by atoms with E-state index in [2.05, 4.69) is 41.6 Å². The molecule has 1 aliphatic rings. The Hall–Kier alpha value is -3.54. The number of nitrogens with zero attached hydrogens (tertiary/aromatic N) is 2. The van der Waals surface area contributed by atoms with Crippen molar-refractivity contribution in [3.05, 3.63) is 77.5 Å². The summed E-state index contributed by atoms with van der Waals surface area (Å²) >= 11 is 0. The summed E-state index contributed by atoms with van der Waals surface area (Å²) in [7, 11) is 0. The summed E-state index contributed by atoms with van der Waals surface area (Å²) in [6, 6.07) is 17.6. The van der Waals surface area contributed by atoms with E-state index in [-0.39, 0.29) is 5.91 Å². The van der Waals surface area contributed by atoms with Crippen molar-refractivity contribution in [1.29, 1.82) is 0 Å². The minimum absolute atomic E-state index is 0.0156. The summed E-state index contributed by atoms with van der Waals surface area (Å²) in [5.41, 5.74) is 11.0. The lowest BCUT2D eigenvalue weighted by atomic mass is 9.86. The Bertz CT molecular complexity index is 1070. The number of aromatic nitrogens is 2. The molecule has 6 heteroatoms. The predicted molar refractivity (Wildman–Crippen MR) is 124 cm³/mol. The molecule has 0 aliphatic heterocycles. The Balaban J connectivity index is 1.39. The van der Waals surface area contributed by atoms with E-state index in [9.17, 15) is 4.79 Å². The second-order valence-corrected chi connectivity index (χ2v) is 7.84. The summed E-state index contributed by atoms with van der Waals surface area (Å²) in [5.74, 6) is 1.34. The Kier molecular flexibility index (Phi) is 6.36. The van der Waals surface area contributed by atoms with E-state index >= 15 is 0 Å². The van der Waals surface area contributed by atoms with Crippen LogP contribution in [0.4, 0.5) is 11.5 Å². The number of anilines is 2. The average Bonchev–Trinajstić information content (AvgIpc) is 3.20. The topological polar surface area (TPSA) is 82.2 Å². The SMILES string of the molecule is Cc1ccc(C2=C(C(=O)Nc3ccc(OCCn4nccc4N)cc3)CCCC2)cc1. The van der Waals surface area contributed by atoms with Gasteiger partial charge >= 0.3 is 0 Å². The number of carbonyl (C=O) groups excluding carboxylic acids is 1. The predicted octanol–water partition coefficient (Wildman–Crippen LogP) is 4.82. The molecule has 0 saturated carbocycles. The number of allylic oxidation sites excluding steroid dienone is 1. The van der Waals surface area contributed by atoms with Crippen LogP contribution in [0.3, 0.4) is 0 Å². The first kappa shape index (κ1) is 20.7. The number of nitrogens with two attached hydrogens (primary N) is 1. The van der Waals surface area contributed by atoms with E-state index in [0.717, 1.165) is 48.3 Å². The van der Waals surface area contributed by atoms with Gasteiger partial charge in [0, 0.05) is 11.3 Å². The lowest BCUT2D eigenvalue weighted by Gasteiger charge is -2.20. The molecule has 0 unspecified atom stereocenters. The highest BCUT2D eigenvalue weighted by Crippen LogP contribution is 2.33. The number of rotatable bonds is 7. The molecule has 0 radical (unpaired) electrons. The van der Waals surface area contributed by atoms with Crippen molar-refractivity contribution in [2.24, 2.45) is 0 Å². The van der Waals surface area contributed by atoms with Crippen molar-refractivity contribution >= 4 is 23.0 Å². The monoisotopic (exact) mass is 416 g/mol. The number of hydrogen-bond donors (Lipinski definition) is 2. The highest BCUT2D eigenvalue weighted by Gasteiger charge is 2.20. The van der Waals surface area contributed by atoms with Gasteiger partial charge in [-0.25, -0.2) is 4.68 Å². The molecule has 4 rings (SSSR count). The fourth-order valence-electron chi connectivity index (χ4n) is 3.85. The molecule has 0 bridgehead atoms. The second kappa shape index (κ2) is 9.51. The standard InChI is InChI=1S/C25H28N4O2/c1-18-6-8-19(9-7-18)22-4-2-3-5-23(22)25(30)28-20-10-12-21(13-11-20)31-17-16-29-24(26)14-15-27-29/h6-15H,2-5,16-17,26H2,1H3,(H,28,30). The van der Waals surface area contributed by atoms with Crippen LogP contribution in [0.25, 0.3) is 5.57 Å². The van der Waals surface area contributed by atoms with Gasteiger partial charge in [-0.3, -0.25) is 4.79 Å². The quantitative estimate of drug-likeness (QED) is 0.579. The molecule has 1 aliphatic carbocycles. The Labute approximate surface area is 182 Å². The molecule has 1 amide bonds. The van der Waals surface area contributed by atoms with Gasteiger partial charge in [0.2, 0.25) is 0 Å². The summed E-state index contributed by atoms with van der Waals surface area (Å²) in [5, 5.41) is 7.18. The number of aryl methyl sites for hydroxylation is 1. The van der Waals surface area contributed by atoms with Crippen LogP contribution in [-0.2, 0) is 11.3 Å². The first-order valence-corrected chi connectivity index (χ1v) is 10.7. The zero-order valence-electron chi connectivity index (χ0n) is 17.8. The van der Waals surface area contributed by atoms with Crippen molar-refractivity contribution in [1.82, 2.24) is 9.78 Å². The Morgan fingerprint density at radius 2 is 1.81 bits per heavy atom. The van der Waals surface area contributed by atoms with Crippen molar-refractivity contribution < 1.29 is 9.53 Å². The van der Waals surface area contributed by atoms with Crippen LogP contribution in [-0.4, -0.2) is 22.3 Å². The number of nitrogens with one attached hydrogen (secondary N) is 1. The van der Waals surface area contributed by atoms with E-state index in [1.807, 2.05) is 24.3 Å². The van der Waals surface area contributed by atoms with Crippen LogP contribution in [0, 0.1) is 6.92 Å². The lowest BCUT2D eigenvalue weighted by Crippen LogP contribution is -2.18. The molecule has 2 aromatic carbocycles. The maximum absolute atomic E-state index is 13.0. The third-order valence-corrected chi connectivity index (χ3v) is 5.58. The number of benzene rings is 2. The van der Waals surface area contributed by atoms with E-state index < -0.39 is 0 Å². The molecule has 0 atom stereocenters. The molecule has 1 heterocycles. The fraction of sp³-hybridized carbons (Fsp3) is 0.280. The lowest BCUT2D eigenvalue weighted by molar-refractivity contribution is -0.113. The van der Waals surface area contributed by atoms with Gasteiger partial charge in [-0.05, 0) is 74.1 Å². The molecule has 6 nitrogen and oxygen atoms in total. The molecule has 1 aromatic heterocycles. The molecule has 31 heavy (non-hydrogen) atoms. The van der Waals surface area contributed by atoms with Gasteiger partial charge in [0.25, 0.3) is 5.91 Å². The van der Waals surface area contributed by atoms with Crippen molar-refractivity contribution in [2.45, 2.75) is 39.2 Å². The van der Waals surface area contributed by atoms with Crippen molar-refractivity contribution in [2.75, 3.05) is 17.7 Å². The molecular formula is C25H28N4O2. The largest absolute Gasteiger partial charge is 0.492 e. The summed E-state index contributed by atoms with van der Waals surface area (Å²) in [4.78, 5) is 13.0. The number of ether oxygens (including phenoxy) is 1. The third-order valence-electron chi connectivity index (χ3n) is 5.58. The molecule has 0 fully saturated rings. The number of hydrogen-bond acceptors (Lipinski definition) is 4. The van der Waals surface area contributed by atoms with Gasteiger partial charge < -0.3 is 15.8 Å². The van der Waals surface area contributed by atoms with E-state index in [0.29, 0.717) is 19.0 Å². The zero-order valence-corrected chi connectivity index (χ0v) is 17.8. The summed E-state index contributed by atoms with van der Waals surface area (Å²) in [6.45, 7) is 3.12. The van der Waals surface area contributed by atoms with E-state index in [4.69, 9.17) is 10.5 Å². The van der Waals surface area contributed by atoms with Crippen LogP contribution in [0.1, 0.15) is 36.8 Å². The summed E-state index contributed by atoms with van der Waals surface area (Å²) in [6.07, 6.45) is 5.59. The number of amides is 1. The van der Waals surface area contributed by atoms with Gasteiger partial charge in [0.15, 0.2) is 0 Å². The van der Waals surface area contributed by atoms with Crippen LogP contribution in [0.5, 0.6) is 5.75 Å². The minimum atomic E-state index is -0.0156. The van der Waals surface area contributed by atoms with Crippen LogP contribution in [0.2, 0.25) is 0 Å². The molecule has 160 valence electrons. The molecule has 3 aromatic rings. The smallest absolute Gasteiger partial charge is 0.251 e. The van der Waals surface area contributed by atoms with Gasteiger partial charge in [0.05, 0.1) is 12.7 Å².